The lowest BCUT2D eigenvalue weighted by atomic mass is 10.1. The van der Waals surface area contributed by atoms with Gasteiger partial charge in [-0.05, 0) is 13.0 Å². The largest absolute Gasteiger partial charge is 0.480 e. The second-order valence-electron chi connectivity index (χ2n) is 5.71. The van der Waals surface area contributed by atoms with Crippen molar-refractivity contribution in [2.75, 3.05) is 13.1 Å². The number of carboxylic acid groups (broad SMARTS) is 1. The van der Waals surface area contributed by atoms with Crippen LogP contribution in [-0.2, 0) is 4.79 Å². The van der Waals surface area contributed by atoms with Crippen LogP contribution in [0.5, 0.6) is 0 Å². The van der Waals surface area contributed by atoms with Gasteiger partial charge >= 0.3 is 5.97 Å². The van der Waals surface area contributed by atoms with E-state index in [1.54, 1.807) is 0 Å². The Morgan fingerprint density at radius 1 is 1.11 bits per heavy atom. The van der Waals surface area contributed by atoms with Gasteiger partial charge in [0.15, 0.2) is 0 Å². The van der Waals surface area contributed by atoms with Gasteiger partial charge in [0, 0.05) is 13.0 Å². The van der Waals surface area contributed by atoms with Gasteiger partial charge in [-0.1, -0.05) is 51.9 Å². The van der Waals surface area contributed by atoms with Crippen LogP contribution in [0, 0.1) is 0 Å². The molecule has 4 heteroatoms. The Morgan fingerprint density at radius 2 is 1.68 bits per heavy atom. The minimum atomic E-state index is -0.795. The first kappa shape index (κ1) is 16.4. The van der Waals surface area contributed by atoms with Crippen molar-refractivity contribution < 1.29 is 15.0 Å². The highest BCUT2D eigenvalue weighted by Gasteiger charge is 2.35. The Balaban J connectivity index is 2.04. The fourth-order valence-corrected chi connectivity index (χ4v) is 2.83. The molecule has 19 heavy (non-hydrogen) atoms. The van der Waals surface area contributed by atoms with E-state index in [1.165, 1.54) is 44.9 Å². The maximum Gasteiger partial charge on any atom is 0.321 e. The van der Waals surface area contributed by atoms with Gasteiger partial charge in [-0.2, -0.15) is 0 Å². The molecule has 1 aliphatic heterocycles. The van der Waals surface area contributed by atoms with Crippen molar-refractivity contribution in [1.29, 1.82) is 0 Å². The summed E-state index contributed by atoms with van der Waals surface area (Å²) in [5.74, 6) is -0.795. The van der Waals surface area contributed by atoms with Crippen LogP contribution in [0.25, 0.3) is 0 Å². The minimum Gasteiger partial charge on any atom is -0.480 e. The molecule has 4 nitrogen and oxygen atoms in total. The first-order valence-corrected chi connectivity index (χ1v) is 7.80. The van der Waals surface area contributed by atoms with E-state index < -0.39 is 18.1 Å². The number of hydrogen-bond acceptors (Lipinski definition) is 3. The topological polar surface area (TPSA) is 60.8 Å². The van der Waals surface area contributed by atoms with E-state index in [9.17, 15) is 9.90 Å². The predicted octanol–water partition coefficient (Wildman–Crippen LogP) is 2.65. The standard InChI is InChI=1S/C15H29NO3/c1-2-3-4-5-6-7-8-9-10-16-12-13(17)11-14(16)15(18)19/h13-14,17H,2-12H2,1H3,(H,18,19)/t13?,14-/m1/s1. The van der Waals surface area contributed by atoms with Gasteiger partial charge in [-0.3, -0.25) is 9.69 Å². The molecule has 0 aromatic rings. The highest BCUT2D eigenvalue weighted by molar-refractivity contribution is 5.74. The smallest absolute Gasteiger partial charge is 0.321 e. The Labute approximate surface area is 116 Å². The summed E-state index contributed by atoms with van der Waals surface area (Å²) in [6.45, 7) is 3.56. The van der Waals surface area contributed by atoms with Crippen molar-refractivity contribution in [3.05, 3.63) is 0 Å². The van der Waals surface area contributed by atoms with Crippen LogP contribution in [0.3, 0.4) is 0 Å². The molecule has 0 radical (unpaired) electrons. The van der Waals surface area contributed by atoms with Crippen molar-refractivity contribution in [1.82, 2.24) is 4.90 Å². The fourth-order valence-electron chi connectivity index (χ4n) is 2.83. The minimum absolute atomic E-state index is 0.381. The molecule has 1 heterocycles. The van der Waals surface area contributed by atoms with E-state index >= 15 is 0 Å². The molecule has 0 aliphatic carbocycles. The molecule has 1 saturated heterocycles. The number of nitrogens with zero attached hydrogens (tertiary/aromatic N) is 1. The molecule has 2 N–H and O–H groups in total. The van der Waals surface area contributed by atoms with Gasteiger partial charge in [0.2, 0.25) is 0 Å². The van der Waals surface area contributed by atoms with Gasteiger partial charge in [0.25, 0.3) is 0 Å². The van der Waals surface area contributed by atoms with Crippen LogP contribution in [0.2, 0.25) is 0 Å². The van der Waals surface area contributed by atoms with E-state index in [0.717, 1.165) is 13.0 Å². The van der Waals surface area contributed by atoms with Crippen LogP contribution in [0.15, 0.2) is 0 Å². The number of likely N-dealkylation sites (tertiary alicyclic amines) is 1. The van der Waals surface area contributed by atoms with E-state index in [-0.39, 0.29) is 0 Å². The second kappa shape index (κ2) is 9.32. The quantitative estimate of drug-likeness (QED) is 0.600. The van der Waals surface area contributed by atoms with Crippen molar-refractivity contribution in [3.8, 4) is 0 Å². The normalized spacial score (nSPS) is 23.9. The van der Waals surface area contributed by atoms with Crippen LogP contribution >= 0.6 is 0 Å². The van der Waals surface area contributed by atoms with Gasteiger partial charge in [0.05, 0.1) is 6.10 Å². The number of rotatable bonds is 10. The summed E-state index contributed by atoms with van der Waals surface area (Å²) in [5.41, 5.74) is 0. The Hall–Kier alpha value is -0.610. The summed E-state index contributed by atoms with van der Waals surface area (Å²) in [6, 6.07) is -0.473. The first-order chi connectivity index (χ1) is 9.15. The molecule has 0 saturated carbocycles. The second-order valence-corrected chi connectivity index (χ2v) is 5.71. The number of aliphatic hydroxyl groups excluding tert-OH is 1. The van der Waals surface area contributed by atoms with E-state index in [1.807, 2.05) is 4.90 Å². The molecular weight excluding hydrogens is 242 g/mol. The summed E-state index contributed by atoms with van der Waals surface area (Å²) in [5, 5.41) is 18.6. The van der Waals surface area contributed by atoms with Crippen LogP contribution < -0.4 is 0 Å². The number of hydrogen-bond donors (Lipinski definition) is 2. The van der Waals surface area contributed by atoms with Crippen LogP contribution in [0.4, 0.5) is 0 Å². The Morgan fingerprint density at radius 3 is 2.26 bits per heavy atom. The molecule has 1 fully saturated rings. The first-order valence-electron chi connectivity index (χ1n) is 7.80. The molecule has 0 amide bonds. The molecule has 0 aromatic carbocycles. The highest BCUT2D eigenvalue weighted by atomic mass is 16.4. The third kappa shape index (κ3) is 6.39. The summed E-state index contributed by atoms with van der Waals surface area (Å²) in [7, 11) is 0. The molecule has 1 rings (SSSR count). The third-order valence-electron chi connectivity index (χ3n) is 3.97. The van der Waals surface area contributed by atoms with E-state index in [0.29, 0.717) is 13.0 Å². The molecule has 1 unspecified atom stereocenters. The van der Waals surface area contributed by atoms with Crippen molar-refractivity contribution in [3.63, 3.8) is 0 Å². The number of carbonyl (C=O) groups is 1. The predicted molar refractivity (Wildman–Crippen MR) is 76.2 cm³/mol. The number of carboxylic acids is 1. The fraction of sp³-hybridized carbons (Fsp3) is 0.933. The maximum absolute atomic E-state index is 11.0. The van der Waals surface area contributed by atoms with Gasteiger partial charge in [-0.25, -0.2) is 0 Å². The van der Waals surface area contributed by atoms with Crippen molar-refractivity contribution in [2.24, 2.45) is 0 Å². The molecule has 0 bridgehead atoms. The third-order valence-corrected chi connectivity index (χ3v) is 3.97. The summed E-state index contributed by atoms with van der Waals surface area (Å²) in [6.07, 6.45) is 9.98. The zero-order valence-electron chi connectivity index (χ0n) is 12.2. The number of aliphatic carboxylic acids is 1. The Bertz CT molecular complexity index is 258. The van der Waals surface area contributed by atoms with Gasteiger partial charge < -0.3 is 10.2 Å². The molecular formula is C15H29NO3. The molecule has 112 valence electrons. The monoisotopic (exact) mass is 271 g/mol. The lowest BCUT2D eigenvalue weighted by Crippen LogP contribution is -2.36. The summed E-state index contributed by atoms with van der Waals surface area (Å²) in [4.78, 5) is 13.0. The number of aliphatic hydroxyl groups is 1. The van der Waals surface area contributed by atoms with E-state index in [4.69, 9.17) is 5.11 Å². The van der Waals surface area contributed by atoms with E-state index in [2.05, 4.69) is 6.92 Å². The lowest BCUT2D eigenvalue weighted by Gasteiger charge is -2.20. The Kier molecular flexibility index (Phi) is 8.07. The van der Waals surface area contributed by atoms with Crippen LogP contribution in [0.1, 0.15) is 64.7 Å². The van der Waals surface area contributed by atoms with Crippen LogP contribution in [-0.4, -0.2) is 46.3 Å². The zero-order valence-corrected chi connectivity index (χ0v) is 12.2. The average molecular weight is 271 g/mol. The van der Waals surface area contributed by atoms with Crippen molar-refractivity contribution >= 4 is 5.97 Å². The van der Waals surface area contributed by atoms with Gasteiger partial charge in [0.1, 0.15) is 6.04 Å². The average Bonchev–Trinajstić information content (AvgIpc) is 2.74. The highest BCUT2D eigenvalue weighted by Crippen LogP contribution is 2.19. The van der Waals surface area contributed by atoms with Gasteiger partial charge in [-0.15, -0.1) is 0 Å². The maximum atomic E-state index is 11.0. The number of unbranched alkanes of at least 4 members (excludes halogenated alkanes) is 7. The zero-order chi connectivity index (χ0) is 14.1. The molecule has 1 aliphatic rings. The summed E-state index contributed by atoms with van der Waals surface area (Å²) >= 11 is 0. The summed E-state index contributed by atoms with van der Waals surface area (Å²) < 4.78 is 0. The molecule has 0 aromatic heterocycles. The molecule has 2 atom stereocenters. The molecule has 0 spiro atoms. The lowest BCUT2D eigenvalue weighted by molar-refractivity contribution is -0.142. The van der Waals surface area contributed by atoms with Crippen molar-refractivity contribution in [2.45, 2.75) is 76.9 Å². The number of β-amino-alcohol motifs (C(OH)–C–C–N with tert-alkyl or cyclic N) is 1. The SMILES string of the molecule is CCCCCCCCCCN1CC(O)C[C@@H]1C(=O)O.